The third kappa shape index (κ3) is 4.18. The number of methoxy groups -OCH3 is 1. The molecule has 2 heterocycles. The van der Waals surface area contributed by atoms with Crippen LogP contribution in [0, 0.1) is 0 Å². The average Bonchev–Trinajstić information content (AvgIpc) is 3.14. The summed E-state index contributed by atoms with van der Waals surface area (Å²) in [5.74, 6) is 0.484. The van der Waals surface area contributed by atoms with Crippen molar-refractivity contribution in [1.29, 1.82) is 0 Å². The molecule has 1 amide bonds. The van der Waals surface area contributed by atoms with E-state index in [0.29, 0.717) is 31.1 Å². The van der Waals surface area contributed by atoms with E-state index in [1.165, 1.54) is 0 Å². The second kappa shape index (κ2) is 8.72. The minimum absolute atomic E-state index is 0.231. The number of hydrogen-bond acceptors (Lipinski definition) is 4. The second-order valence-corrected chi connectivity index (χ2v) is 9.71. The van der Waals surface area contributed by atoms with Crippen molar-refractivity contribution in [3.63, 3.8) is 0 Å². The average molecular weight is 442 g/mol. The Morgan fingerprint density at radius 1 is 1.06 bits per heavy atom. The first-order valence-corrected chi connectivity index (χ1v) is 11.9. The molecular formula is C23H27N3O4S. The van der Waals surface area contributed by atoms with Gasteiger partial charge in [-0.3, -0.25) is 4.79 Å². The SMILES string of the molecule is COc1ccccc1CNC(=O)c1cc2cc(S(=O)(=O)N3CCCCC3)ccc2n1C. The molecule has 0 aliphatic carbocycles. The molecule has 0 atom stereocenters. The molecule has 1 N–H and O–H groups in total. The fourth-order valence-corrected chi connectivity index (χ4v) is 5.63. The molecule has 0 unspecified atom stereocenters. The molecule has 7 nitrogen and oxygen atoms in total. The standard InChI is InChI=1S/C23H27N3O4S/c1-25-20-11-10-19(31(28,29)26-12-6-3-7-13-26)14-18(20)15-21(25)23(27)24-16-17-8-4-5-9-22(17)30-2/h4-5,8-11,14-15H,3,6-7,12-13,16H2,1-2H3,(H,24,27). The molecule has 0 radical (unpaired) electrons. The van der Waals surface area contributed by atoms with Crippen molar-refractivity contribution in [2.24, 2.45) is 7.05 Å². The summed E-state index contributed by atoms with van der Waals surface area (Å²) < 4.78 is 34.7. The third-order valence-corrected chi connectivity index (χ3v) is 7.73. The Bertz CT molecular complexity index is 1210. The number of nitrogens with zero attached hydrogens (tertiary/aromatic N) is 2. The maximum absolute atomic E-state index is 13.0. The van der Waals surface area contributed by atoms with Crippen LogP contribution in [0.15, 0.2) is 53.4 Å². The summed E-state index contributed by atoms with van der Waals surface area (Å²) in [5.41, 5.74) is 2.16. The molecule has 1 saturated heterocycles. The second-order valence-electron chi connectivity index (χ2n) is 7.77. The van der Waals surface area contributed by atoms with Crippen molar-refractivity contribution >= 4 is 26.8 Å². The molecule has 0 bridgehead atoms. The number of benzene rings is 2. The number of ether oxygens (including phenoxy) is 1. The molecule has 2 aromatic carbocycles. The van der Waals surface area contributed by atoms with Gasteiger partial charge in [0.1, 0.15) is 11.4 Å². The van der Waals surface area contributed by atoms with Crippen LogP contribution in [0.3, 0.4) is 0 Å². The zero-order valence-electron chi connectivity index (χ0n) is 17.8. The molecule has 1 aliphatic heterocycles. The van der Waals surface area contributed by atoms with Gasteiger partial charge < -0.3 is 14.6 Å². The van der Waals surface area contributed by atoms with E-state index < -0.39 is 10.0 Å². The van der Waals surface area contributed by atoms with Gasteiger partial charge in [-0.2, -0.15) is 4.31 Å². The lowest BCUT2D eigenvalue weighted by Gasteiger charge is -2.25. The van der Waals surface area contributed by atoms with Crippen LogP contribution >= 0.6 is 0 Å². The van der Waals surface area contributed by atoms with Gasteiger partial charge in [-0.05, 0) is 43.2 Å². The lowest BCUT2D eigenvalue weighted by molar-refractivity contribution is 0.0943. The maximum Gasteiger partial charge on any atom is 0.268 e. The Morgan fingerprint density at radius 2 is 1.81 bits per heavy atom. The number of aromatic nitrogens is 1. The molecule has 1 fully saturated rings. The summed E-state index contributed by atoms with van der Waals surface area (Å²) in [6.45, 7) is 1.45. The Kier molecular flexibility index (Phi) is 6.02. The summed E-state index contributed by atoms with van der Waals surface area (Å²) in [5, 5.41) is 3.65. The number of aryl methyl sites for hydroxylation is 1. The van der Waals surface area contributed by atoms with E-state index >= 15 is 0 Å². The highest BCUT2D eigenvalue weighted by molar-refractivity contribution is 7.89. The number of hydrogen-bond donors (Lipinski definition) is 1. The van der Waals surface area contributed by atoms with Gasteiger partial charge in [0.05, 0.1) is 12.0 Å². The van der Waals surface area contributed by atoms with Gasteiger partial charge in [0.15, 0.2) is 0 Å². The normalized spacial score (nSPS) is 15.2. The van der Waals surface area contributed by atoms with Gasteiger partial charge in [0.25, 0.3) is 5.91 Å². The number of carbonyl (C=O) groups is 1. The van der Waals surface area contributed by atoms with Crippen LogP contribution in [-0.4, -0.2) is 43.4 Å². The molecule has 8 heteroatoms. The number of amides is 1. The number of carbonyl (C=O) groups excluding carboxylic acids is 1. The first-order valence-electron chi connectivity index (χ1n) is 10.4. The van der Waals surface area contributed by atoms with Crippen molar-refractivity contribution in [3.8, 4) is 5.75 Å². The van der Waals surface area contributed by atoms with Crippen molar-refractivity contribution < 1.29 is 17.9 Å². The van der Waals surface area contributed by atoms with E-state index in [1.54, 1.807) is 47.3 Å². The highest BCUT2D eigenvalue weighted by Gasteiger charge is 2.26. The minimum Gasteiger partial charge on any atom is -0.496 e. The van der Waals surface area contributed by atoms with Crippen LogP contribution in [0.1, 0.15) is 35.3 Å². The largest absolute Gasteiger partial charge is 0.496 e. The molecule has 31 heavy (non-hydrogen) atoms. The van der Waals surface area contributed by atoms with E-state index in [-0.39, 0.29) is 10.8 Å². The van der Waals surface area contributed by atoms with Gasteiger partial charge in [-0.25, -0.2) is 8.42 Å². The third-order valence-electron chi connectivity index (χ3n) is 5.83. The molecule has 4 rings (SSSR count). The molecule has 1 aromatic heterocycles. The zero-order chi connectivity index (χ0) is 22.0. The smallest absolute Gasteiger partial charge is 0.268 e. The van der Waals surface area contributed by atoms with Crippen LogP contribution in [0.2, 0.25) is 0 Å². The summed E-state index contributed by atoms with van der Waals surface area (Å²) in [7, 11) is -0.120. The molecule has 0 saturated carbocycles. The number of para-hydroxylation sites is 1. The van der Waals surface area contributed by atoms with E-state index in [9.17, 15) is 13.2 Å². The lowest BCUT2D eigenvalue weighted by atomic mass is 10.2. The highest BCUT2D eigenvalue weighted by atomic mass is 32.2. The fourth-order valence-electron chi connectivity index (χ4n) is 4.08. The Hall–Kier alpha value is -2.84. The Morgan fingerprint density at radius 3 is 2.55 bits per heavy atom. The monoisotopic (exact) mass is 441 g/mol. The van der Waals surface area contributed by atoms with Crippen molar-refractivity contribution in [1.82, 2.24) is 14.2 Å². The number of sulfonamides is 1. The summed E-state index contributed by atoms with van der Waals surface area (Å²) >= 11 is 0. The number of nitrogens with one attached hydrogen (secondary N) is 1. The first-order chi connectivity index (χ1) is 14.9. The van der Waals surface area contributed by atoms with Crippen molar-refractivity contribution in [2.75, 3.05) is 20.2 Å². The van der Waals surface area contributed by atoms with Crippen LogP contribution in [0.25, 0.3) is 10.9 Å². The molecule has 1 aliphatic rings. The fraction of sp³-hybridized carbons (Fsp3) is 0.348. The van der Waals surface area contributed by atoms with Gasteiger partial charge in [-0.15, -0.1) is 0 Å². The van der Waals surface area contributed by atoms with Gasteiger partial charge in [0.2, 0.25) is 10.0 Å². The Balaban J connectivity index is 1.58. The van der Waals surface area contributed by atoms with Crippen LogP contribution in [0.4, 0.5) is 0 Å². The predicted octanol–water partition coefficient (Wildman–Crippen LogP) is 3.29. The number of fused-ring (bicyclic) bond motifs is 1. The zero-order valence-corrected chi connectivity index (χ0v) is 18.6. The number of rotatable bonds is 6. The Labute approximate surface area is 182 Å². The van der Waals surface area contributed by atoms with E-state index in [0.717, 1.165) is 35.7 Å². The van der Waals surface area contributed by atoms with Gasteiger partial charge in [0, 0.05) is 43.1 Å². The number of piperidine rings is 1. The summed E-state index contributed by atoms with van der Waals surface area (Å²) in [4.78, 5) is 13.1. The minimum atomic E-state index is -3.52. The van der Waals surface area contributed by atoms with Gasteiger partial charge in [-0.1, -0.05) is 24.6 Å². The van der Waals surface area contributed by atoms with Crippen molar-refractivity contribution in [2.45, 2.75) is 30.7 Å². The van der Waals surface area contributed by atoms with Crippen LogP contribution in [-0.2, 0) is 23.6 Å². The lowest BCUT2D eigenvalue weighted by Crippen LogP contribution is -2.35. The van der Waals surface area contributed by atoms with Crippen LogP contribution in [0.5, 0.6) is 5.75 Å². The summed E-state index contributed by atoms with van der Waals surface area (Å²) in [6.07, 6.45) is 2.85. The highest BCUT2D eigenvalue weighted by Crippen LogP contribution is 2.26. The maximum atomic E-state index is 13.0. The molecule has 164 valence electrons. The van der Waals surface area contributed by atoms with Crippen LogP contribution < -0.4 is 10.1 Å². The van der Waals surface area contributed by atoms with E-state index in [4.69, 9.17) is 4.74 Å². The predicted molar refractivity (Wildman–Crippen MR) is 120 cm³/mol. The quantitative estimate of drug-likeness (QED) is 0.637. The summed E-state index contributed by atoms with van der Waals surface area (Å²) in [6, 6.07) is 14.3. The first kappa shape index (κ1) is 21.4. The molecular weight excluding hydrogens is 414 g/mol. The van der Waals surface area contributed by atoms with Crippen molar-refractivity contribution in [3.05, 3.63) is 59.8 Å². The molecule has 3 aromatic rings. The van der Waals surface area contributed by atoms with Gasteiger partial charge >= 0.3 is 0 Å². The molecule has 0 spiro atoms. The van der Waals surface area contributed by atoms with E-state index in [2.05, 4.69) is 5.32 Å². The topological polar surface area (TPSA) is 80.6 Å². The van der Waals surface area contributed by atoms with E-state index in [1.807, 2.05) is 24.3 Å².